The number of carbonyl (C=O) groups excluding carboxylic acids is 1. The average molecular weight is 388 g/mol. The van der Waals surface area contributed by atoms with Crippen molar-refractivity contribution in [3.63, 3.8) is 0 Å². The molecule has 0 amide bonds. The highest BCUT2D eigenvalue weighted by molar-refractivity contribution is 7.21. The molecule has 2 aromatic carbocycles. The topological polar surface area (TPSA) is 52.0 Å². The SMILES string of the molecule is CC(C)c1ccc(C(=O)Cn2cnc3sc(-c4ccccc4)cc3c2=O)cc1. The third-order valence-corrected chi connectivity index (χ3v) is 5.88. The second-order valence-electron chi connectivity index (χ2n) is 7.07. The highest BCUT2D eigenvalue weighted by atomic mass is 32.1. The van der Waals surface area contributed by atoms with E-state index in [1.54, 1.807) is 0 Å². The van der Waals surface area contributed by atoms with Gasteiger partial charge >= 0.3 is 0 Å². The average Bonchev–Trinajstić information content (AvgIpc) is 3.16. The molecule has 0 atom stereocenters. The summed E-state index contributed by atoms with van der Waals surface area (Å²) in [4.78, 5) is 31.6. The van der Waals surface area contributed by atoms with Crippen LogP contribution in [-0.2, 0) is 6.54 Å². The Balaban J connectivity index is 1.63. The zero-order valence-corrected chi connectivity index (χ0v) is 16.6. The summed E-state index contributed by atoms with van der Waals surface area (Å²) in [6.45, 7) is 4.21. The van der Waals surface area contributed by atoms with Gasteiger partial charge in [0.25, 0.3) is 5.56 Å². The smallest absolute Gasteiger partial charge is 0.262 e. The molecule has 0 saturated heterocycles. The number of fused-ring (bicyclic) bond motifs is 1. The molecule has 0 spiro atoms. The van der Waals surface area contributed by atoms with E-state index in [1.807, 2.05) is 60.7 Å². The molecule has 0 unspecified atom stereocenters. The Morgan fingerprint density at radius 3 is 2.46 bits per heavy atom. The fourth-order valence-corrected chi connectivity index (χ4v) is 4.11. The van der Waals surface area contributed by atoms with Crippen LogP contribution in [-0.4, -0.2) is 15.3 Å². The van der Waals surface area contributed by atoms with Crippen molar-refractivity contribution in [3.05, 3.63) is 88.5 Å². The van der Waals surface area contributed by atoms with E-state index in [-0.39, 0.29) is 17.9 Å². The Labute approximate surface area is 167 Å². The van der Waals surface area contributed by atoms with Crippen molar-refractivity contribution in [2.45, 2.75) is 26.3 Å². The van der Waals surface area contributed by atoms with Crippen molar-refractivity contribution < 1.29 is 4.79 Å². The first-order valence-corrected chi connectivity index (χ1v) is 10.0. The molecule has 0 aliphatic heterocycles. The molecule has 0 radical (unpaired) electrons. The van der Waals surface area contributed by atoms with Gasteiger partial charge in [-0.2, -0.15) is 0 Å². The fraction of sp³-hybridized carbons (Fsp3) is 0.174. The molecule has 140 valence electrons. The lowest BCUT2D eigenvalue weighted by Gasteiger charge is -2.07. The summed E-state index contributed by atoms with van der Waals surface area (Å²) >= 11 is 1.48. The number of carbonyl (C=O) groups is 1. The van der Waals surface area contributed by atoms with Crippen molar-refractivity contribution in [2.75, 3.05) is 0 Å². The van der Waals surface area contributed by atoms with Crippen molar-refractivity contribution >= 4 is 27.3 Å². The van der Waals surface area contributed by atoms with Gasteiger partial charge in [0.15, 0.2) is 5.78 Å². The zero-order valence-electron chi connectivity index (χ0n) is 15.8. The van der Waals surface area contributed by atoms with Gasteiger partial charge in [-0.15, -0.1) is 11.3 Å². The van der Waals surface area contributed by atoms with E-state index in [0.29, 0.717) is 21.7 Å². The molecule has 2 heterocycles. The van der Waals surface area contributed by atoms with Crippen LogP contribution in [0.3, 0.4) is 0 Å². The molecule has 0 bridgehead atoms. The van der Waals surface area contributed by atoms with Gasteiger partial charge in [0.05, 0.1) is 18.3 Å². The number of ketones is 1. The lowest BCUT2D eigenvalue weighted by Crippen LogP contribution is -2.24. The van der Waals surface area contributed by atoms with Gasteiger partial charge in [0.2, 0.25) is 0 Å². The largest absolute Gasteiger partial charge is 0.292 e. The number of nitrogens with zero attached hydrogens (tertiary/aromatic N) is 2. The fourth-order valence-electron chi connectivity index (χ4n) is 3.12. The van der Waals surface area contributed by atoms with E-state index >= 15 is 0 Å². The van der Waals surface area contributed by atoms with Gasteiger partial charge in [-0.05, 0) is 23.1 Å². The van der Waals surface area contributed by atoms with Crippen LogP contribution in [0.1, 0.15) is 35.7 Å². The van der Waals surface area contributed by atoms with Gasteiger partial charge in [-0.3, -0.25) is 14.2 Å². The number of hydrogen-bond donors (Lipinski definition) is 0. The van der Waals surface area contributed by atoms with Crippen LogP contribution in [0.25, 0.3) is 20.7 Å². The van der Waals surface area contributed by atoms with Crippen molar-refractivity contribution in [3.8, 4) is 10.4 Å². The molecule has 5 heteroatoms. The summed E-state index contributed by atoms with van der Waals surface area (Å²) in [6, 6.07) is 19.4. The predicted molar refractivity (Wildman–Crippen MR) is 114 cm³/mol. The highest BCUT2D eigenvalue weighted by Gasteiger charge is 2.13. The van der Waals surface area contributed by atoms with Gasteiger partial charge in [-0.1, -0.05) is 68.4 Å². The number of hydrogen-bond acceptors (Lipinski definition) is 4. The number of Topliss-reactive ketones (excluding diaryl/α,β-unsaturated/α-hetero) is 1. The van der Waals surface area contributed by atoms with Gasteiger partial charge in [-0.25, -0.2) is 4.98 Å². The van der Waals surface area contributed by atoms with E-state index in [9.17, 15) is 9.59 Å². The first-order chi connectivity index (χ1) is 13.5. The molecule has 28 heavy (non-hydrogen) atoms. The predicted octanol–water partition coefficient (Wildman–Crippen LogP) is 5.13. The van der Waals surface area contributed by atoms with Crippen molar-refractivity contribution in [1.82, 2.24) is 9.55 Å². The summed E-state index contributed by atoms with van der Waals surface area (Å²) < 4.78 is 1.39. The highest BCUT2D eigenvalue weighted by Crippen LogP contribution is 2.30. The van der Waals surface area contributed by atoms with Crippen LogP contribution in [0.5, 0.6) is 0 Å². The first-order valence-electron chi connectivity index (χ1n) is 9.20. The molecular formula is C23H20N2O2S. The maximum atomic E-state index is 12.9. The molecule has 0 aliphatic carbocycles. The maximum absolute atomic E-state index is 12.9. The summed E-state index contributed by atoms with van der Waals surface area (Å²) in [6.07, 6.45) is 1.47. The van der Waals surface area contributed by atoms with E-state index in [1.165, 1.54) is 27.8 Å². The third-order valence-electron chi connectivity index (χ3n) is 4.79. The minimum absolute atomic E-state index is 0.0146. The summed E-state index contributed by atoms with van der Waals surface area (Å²) in [5.74, 6) is 0.313. The molecular weight excluding hydrogens is 368 g/mol. The first kappa shape index (κ1) is 18.3. The van der Waals surface area contributed by atoms with Gasteiger partial charge in [0.1, 0.15) is 4.83 Å². The number of aromatic nitrogens is 2. The molecule has 0 fully saturated rings. The summed E-state index contributed by atoms with van der Waals surface area (Å²) in [7, 11) is 0. The molecule has 4 aromatic rings. The van der Waals surface area contributed by atoms with Gasteiger partial charge < -0.3 is 0 Å². The lowest BCUT2D eigenvalue weighted by atomic mass is 10.0. The Morgan fingerprint density at radius 2 is 1.79 bits per heavy atom. The van der Waals surface area contributed by atoms with E-state index in [2.05, 4.69) is 18.8 Å². The Hall–Kier alpha value is -3.05. The molecule has 0 N–H and O–H groups in total. The van der Waals surface area contributed by atoms with Crippen LogP contribution in [0.15, 0.2) is 71.8 Å². The van der Waals surface area contributed by atoms with Crippen LogP contribution in [0.2, 0.25) is 0 Å². The lowest BCUT2D eigenvalue weighted by molar-refractivity contribution is 0.0970. The van der Waals surface area contributed by atoms with E-state index in [0.717, 1.165) is 10.4 Å². The van der Waals surface area contributed by atoms with Gasteiger partial charge in [0, 0.05) is 10.4 Å². The summed E-state index contributed by atoms with van der Waals surface area (Å²) in [5.41, 5.74) is 2.66. The molecule has 2 aromatic heterocycles. The van der Waals surface area contributed by atoms with Crippen LogP contribution in [0.4, 0.5) is 0 Å². The second-order valence-corrected chi connectivity index (χ2v) is 8.10. The quantitative estimate of drug-likeness (QED) is 0.445. The van der Waals surface area contributed by atoms with Crippen LogP contribution >= 0.6 is 11.3 Å². The van der Waals surface area contributed by atoms with Crippen molar-refractivity contribution in [1.29, 1.82) is 0 Å². The number of thiophene rings is 1. The molecule has 4 nitrogen and oxygen atoms in total. The normalized spacial score (nSPS) is 11.2. The Bertz CT molecular complexity index is 1190. The number of benzene rings is 2. The standard InChI is InChI=1S/C23H20N2O2S/c1-15(2)16-8-10-17(11-9-16)20(26)13-25-14-24-22-19(23(25)27)12-21(28-22)18-6-4-3-5-7-18/h3-12,14-15H,13H2,1-2H3. The molecule has 0 aliphatic rings. The van der Waals surface area contributed by atoms with Crippen LogP contribution < -0.4 is 5.56 Å². The maximum Gasteiger partial charge on any atom is 0.262 e. The Kier molecular flexibility index (Phi) is 4.92. The molecule has 4 rings (SSSR count). The van der Waals surface area contributed by atoms with Crippen LogP contribution in [0, 0.1) is 0 Å². The number of rotatable bonds is 5. The third kappa shape index (κ3) is 3.53. The monoisotopic (exact) mass is 388 g/mol. The van der Waals surface area contributed by atoms with Crippen molar-refractivity contribution in [2.24, 2.45) is 0 Å². The van der Waals surface area contributed by atoms with E-state index < -0.39 is 0 Å². The summed E-state index contributed by atoms with van der Waals surface area (Å²) in [5, 5.41) is 0.550. The van der Waals surface area contributed by atoms with E-state index in [4.69, 9.17) is 0 Å². The second kappa shape index (κ2) is 7.52. The Morgan fingerprint density at radius 1 is 1.07 bits per heavy atom. The minimum Gasteiger partial charge on any atom is -0.292 e. The minimum atomic E-state index is -0.185. The zero-order chi connectivity index (χ0) is 19.7. The molecule has 0 saturated carbocycles.